The number of nitrogens with two attached hydrogens (primary N) is 1. The van der Waals surface area contributed by atoms with Crippen LogP contribution in [0.15, 0.2) is 23.1 Å². The standard InChI is InChI=1S/C15H21F3N2O2S/c1-10-6-7-12(15(16,17)18)9-14(10)23(21,22)20-8-4-3-5-13(20)11(2)19/h6-7,9,11,13H,3-5,8,19H2,1-2H3. The molecule has 0 bridgehead atoms. The van der Waals surface area contributed by atoms with Gasteiger partial charge in [0.15, 0.2) is 0 Å². The van der Waals surface area contributed by atoms with E-state index in [1.54, 1.807) is 6.92 Å². The molecular weight excluding hydrogens is 329 g/mol. The number of alkyl halides is 3. The second-order valence-electron chi connectivity index (χ2n) is 6.02. The number of hydrogen-bond donors (Lipinski definition) is 1. The van der Waals surface area contributed by atoms with Gasteiger partial charge in [-0.1, -0.05) is 12.5 Å². The van der Waals surface area contributed by atoms with Crippen LogP contribution in [-0.2, 0) is 16.2 Å². The largest absolute Gasteiger partial charge is 0.416 e. The third kappa shape index (κ3) is 3.70. The molecule has 0 aromatic heterocycles. The molecule has 23 heavy (non-hydrogen) atoms. The fourth-order valence-electron chi connectivity index (χ4n) is 2.94. The maximum Gasteiger partial charge on any atom is 0.416 e. The van der Waals surface area contributed by atoms with Gasteiger partial charge in [-0.15, -0.1) is 0 Å². The summed E-state index contributed by atoms with van der Waals surface area (Å²) in [6, 6.07) is 2.05. The average Bonchev–Trinajstić information content (AvgIpc) is 2.46. The Balaban J connectivity index is 2.50. The summed E-state index contributed by atoms with van der Waals surface area (Å²) in [4.78, 5) is -0.292. The molecule has 4 nitrogen and oxygen atoms in total. The van der Waals surface area contributed by atoms with Crippen LogP contribution in [0.1, 0.15) is 37.3 Å². The summed E-state index contributed by atoms with van der Waals surface area (Å²) in [6.45, 7) is 3.50. The minimum Gasteiger partial charge on any atom is -0.326 e. The van der Waals surface area contributed by atoms with Gasteiger partial charge in [0.05, 0.1) is 10.5 Å². The van der Waals surface area contributed by atoms with Crippen LogP contribution in [0.3, 0.4) is 0 Å². The Morgan fingerprint density at radius 2 is 1.96 bits per heavy atom. The SMILES string of the molecule is Cc1ccc(C(F)(F)F)cc1S(=O)(=O)N1CCCCC1C(C)N. The molecule has 1 aromatic rings. The molecule has 1 saturated heterocycles. The average molecular weight is 350 g/mol. The Hall–Kier alpha value is -1.12. The zero-order chi connectivity index (χ0) is 17.4. The van der Waals surface area contributed by atoms with E-state index in [1.807, 2.05) is 0 Å². The van der Waals surface area contributed by atoms with Crippen LogP contribution < -0.4 is 5.73 Å². The van der Waals surface area contributed by atoms with Gasteiger partial charge in [-0.2, -0.15) is 17.5 Å². The van der Waals surface area contributed by atoms with Gasteiger partial charge in [0.1, 0.15) is 0 Å². The van der Waals surface area contributed by atoms with Crippen molar-refractivity contribution in [2.45, 2.75) is 56.3 Å². The van der Waals surface area contributed by atoms with Crippen molar-refractivity contribution in [1.29, 1.82) is 0 Å². The van der Waals surface area contributed by atoms with Gasteiger partial charge in [-0.25, -0.2) is 8.42 Å². The molecule has 0 radical (unpaired) electrons. The van der Waals surface area contributed by atoms with E-state index in [-0.39, 0.29) is 23.5 Å². The summed E-state index contributed by atoms with van der Waals surface area (Å²) in [6.07, 6.45) is -2.42. The van der Waals surface area contributed by atoms with Crippen molar-refractivity contribution in [2.75, 3.05) is 6.54 Å². The highest BCUT2D eigenvalue weighted by molar-refractivity contribution is 7.89. The molecule has 1 fully saturated rings. The first kappa shape index (κ1) is 18.2. The van der Waals surface area contributed by atoms with Crippen molar-refractivity contribution in [3.63, 3.8) is 0 Å². The van der Waals surface area contributed by atoms with E-state index in [0.29, 0.717) is 18.4 Å². The van der Waals surface area contributed by atoms with Crippen molar-refractivity contribution < 1.29 is 21.6 Å². The number of aryl methyl sites for hydroxylation is 1. The van der Waals surface area contributed by atoms with Gasteiger partial charge in [-0.05, 0) is 44.4 Å². The Kier molecular flexibility index (Phi) is 5.08. The molecule has 2 rings (SSSR count). The van der Waals surface area contributed by atoms with E-state index in [1.165, 1.54) is 17.3 Å². The number of hydrogen-bond acceptors (Lipinski definition) is 3. The Morgan fingerprint density at radius 3 is 2.52 bits per heavy atom. The molecule has 1 aliphatic heterocycles. The second kappa shape index (κ2) is 6.41. The minimum atomic E-state index is -4.58. The van der Waals surface area contributed by atoms with E-state index in [4.69, 9.17) is 5.73 Å². The predicted molar refractivity (Wildman–Crippen MR) is 81.4 cm³/mol. The van der Waals surface area contributed by atoms with Crippen molar-refractivity contribution in [3.8, 4) is 0 Å². The number of benzene rings is 1. The van der Waals surface area contributed by atoms with Gasteiger partial charge in [0.25, 0.3) is 0 Å². The van der Waals surface area contributed by atoms with Gasteiger partial charge < -0.3 is 5.73 Å². The molecule has 130 valence electrons. The van der Waals surface area contributed by atoms with E-state index in [2.05, 4.69) is 0 Å². The van der Waals surface area contributed by atoms with Crippen LogP contribution >= 0.6 is 0 Å². The molecule has 0 aliphatic carbocycles. The summed E-state index contributed by atoms with van der Waals surface area (Å²) in [5, 5.41) is 0. The Bertz CT molecular complexity index is 672. The number of piperidine rings is 1. The van der Waals surface area contributed by atoms with Crippen molar-refractivity contribution in [1.82, 2.24) is 4.31 Å². The fraction of sp³-hybridized carbons (Fsp3) is 0.600. The van der Waals surface area contributed by atoms with Gasteiger partial charge >= 0.3 is 6.18 Å². The van der Waals surface area contributed by atoms with Crippen LogP contribution in [0.2, 0.25) is 0 Å². The first-order valence-electron chi connectivity index (χ1n) is 7.50. The molecule has 0 saturated carbocycles. The smallest absolute Gasteiger partial charge is 0.326 e. The van der Waals surface area contributed by atoms with Crippen molar-refractivity contribution in [2.24, 2.45) is 5.73 Å². The van der Waals surface area contributed by atoms with Crippen molar-refractivity contribution >= 4 is 10.0 Å². The van der Waals surface area contributed by atoms with Gasteiger partial charge in [0.2, 0.25) is 10.0 Å². The molecule has 2 N–H and O–H groups in total. The minimum absolute atomic E-state index is 0.282. The quantitative estimate of drug-likeness (QED) is 0.912. The molecule has 0 amide bonds. The lowest BCUT2D eigenvalue weighted by molar-refractivity contribution is -0.137. The maximum atomic E-state index is 12.9. The summed E-state index contributed by atoms with van der Waals surface area (Å²) in [7, 11) is -4.02. The molecule has 2 atom stereocenters. The highest BCUT2D eigenvalue weighted by atomic mass is 32.2. The number of sulfonamides is 1. The third-order valence-electron chi connectivity index (χ3n) is 4.21. The first-order chi connectivity index (χ1) is 10.5. The highest BCUT2D eigenvalue weighted by Crippen LogP contribution is 2.34. The van der Waals surface area contributed by atoms with Gasteiger partial charge in [-0.3, -0.25) is 0 Å². The number of nitrogens with zero attached hydrogens (tertiary/aromatic N) is 1. The maximum absolute atomic E-state index is 12.9. The van der Waals surface area contributed by atoms with Gasteiger partial charge in [0, 0.05) is 18.6 Å². The van der Waals surface area contributed by atoms with Crippen LogP contribution in [0.25, 0.3) is 0 Å². The van der Waals surface area contributed by atoms with E-state index < -0.39 is 21.8 Å². The lowest BCUT2D eigenvalue weighted by Gasteiger charge is -2.37. The highest BCUT2D eigenvalue weighted by Gasteiger charge is 2.38. The molecule has 0 spiro atoms. The second-order valence-corrected chi connectivity index (χ2v) is 7.88. The molecular formula is C15H21F3N2O2S. The van der Waals surface area contributed by atoms with Crippen LogP contribution in [0.5, 0.6) is 0 Å². The van der Waals surface area contributed by atoms with Crippen molar-refractivity contribution in [3.05, 3.63) is 29.3 Å². The lowest BCUT2D eigenvalue weighted by Crippen LogP contribution is -2.51. The van der Waals surface area contributed by atoms with E-state index in [0.717, 1.165) is 18.6 Å². The zero-order valence-corrected chi connectivity index (χ0v) is 13.9. The normalized spacial score (nSPS) is 22.1. The van der Waals surface area contributed by atoms with E-state index in [9.17, 15) is 21.6 Å². The zero-order valence-electron chi connectivity index (χ0n) is 13.1. The molecule has 8 heteroatoms. The molecule has 1 aromatic carbocycles. The number of rotatable bonds is 3. The number of halogens is 3. The van der Waals surface area contributed by atoms with Crippen LogP contribution in [-0.4, -0.2) is 31.4 Å². The monoisotopic (exact) mass is 350 g/mol. The lowest BCUT2D eigenvalue weighted by atomic mass is 10.00. The molecule has 2 unspecified atom stereocenters. The fourth-order valence-corrected chi connectivity index (χ4v) is 4.96. The third-order valence-corrected chi connectivity index (χ3v) is 6.27. The molecule has 1 heterocycles. The summed E-state index contributed by atoms with van der Waals surface area (Å²) in [5.74, 6) is 0. The predicted octanol–water partition coefficient (Wildman–Crippen LogP) is 2.90. The first-order valence-corrected chi connectivity index (χ1v) is 8.94. The van der Waals surface area contributed by atoms with Crippen LogP contribution in [0, 0.1) is 6.92 Å². The van der Waals surface area contributed by atoms with Crippen LogP contribution in [0.4, 0.5) is 13.2 Å². The summed E-state index contributed by atoms with van der Waals surface area (Å²) >= 11 is 0. The topological polar surface area (TPSA) is 63.4 Å². The summed E-state index contributed by atoms with van der Waals surface area (Å²) in [5.41, 5.74) is 5.22. The Labute approximate surface area is 134 Å². The summed E-state index contributed by atoms with van der Waals surface area (Å²) < 4.78 is 65.8. The Morgan fingerprint density at radius 1 is 1.30 bits per heavy atom. The molecule has 1 aliphatic rings. The van der Waals surface area contributed by atoms with E-state index >= 15 is 0 Å².